The molecule has 0 unspecified atom stereocenters. The second kappa shape index (κ2) is 6.18. The molecule has 0 bridgehead atoms. The van der Waals surface area contributed by atoms with Crippen molar-refractivity contribution in [1.29, 1.82) is 0 Å². The lowest BCUT2D eigenvalue weighted by molar-refractivity contribution is -0.144. The molecule has 1 heterocycles. The van der Waals surface area contributed by atoms with Crippen molar-refractivity contribution in [3.05, 3.63) is 30.1 Å². The van der Waals surface area contributed by atoms with E-state index in [1.165, 1.54) is 4.90 Å². The monoisotopic (exact) mass is 275 g/mol. The number of hydrogen-bond donors (Lipinski definition) is 2. The van der Waals surface area contributed by atoms with Gasteiger partial charge >= 0.3 is 5.97 Å². The first kappa shape index (κ1) is 14.0. The van der Waals surface area contributed by atoms with Gasteiger partial charge in [-0.1, -0.05) is 12.1 Å². The number of carbonyl (C=O) groups is 2. The summed E-state index contributed by atoms with van der Waals surface area (Å²) in [6, 6.07) is 7.65. The summed E-state index contributed by atoms with van der Waals surface area (Å²) < 4.78 is 0. The van der Waals surface area contributed by atoms with Gasteiger partial charge in [-0.15, -0.1) is 0 Å². The number of hydrogen-bond acceptors (Lipinski definition) is 3. The van der Waals surface area contributed by atoms with Crippen molar-refractivity contribution in [2.75, 3.05) is 13.1 Å². The lowest BCUT2D eigenvalue weighted by Gasteiger charge is -2.17. The van der Waals surface area contributed by atoms with Crippen LogP contribution in [0.4, 0.5) is 0 Å². The van der Waals surface area contributed by atoms with Gasteiger partial charge in [-0.25, -0.2) is 4.98 Å². The van der Waals surface area contributed by atoms with Crippen molar-refractivity contribution in [1.82, 2.24) is 14.9 Å². The average Bonchev–Trinajstić information content (AvgIpc) is 2.84. The Balaban J connectivity index is 1.96. The van der Waals surface area contributed by atoms with E-state index in [4.69, 9.17) is 5.11 Å². The second-order valence-electron chi connectivity index (χ2n) is 4.50. The predicted octanol–water partition coefficient (Wildman–Crippen LogP) is 1.43. The van der Waals surface area contributed by atoms with Crippen LogP contribution in [0.1, 0.15) is 19.2 Å². The molecule has 2 rings (SSSR count). The number of aromatic nitrogens is 2. The summed E-state index contributed by atoms with van der Waals surface area (Å²) in [4.78, 5) is 31.4. The Morgan fingerprint density at radius 1 is 1.35 bits per heavy atom. The van der Waals surface area contributed by atoms with E-state index in [9.17, 15) is 9.59 Å². The van der Waals surface area contributed by atoms with Crippen LogP contribution in [-0.2, 0) is 16.0 Å². The van der Waals surface area contributed by atoms with Gasteiger partial charge in [-0.05, 0) is 19.1 Å². The summed E-state index contributed by atoms with van der Waals surface area (Å²) in [5, 5.41) is 8.73. The Morgan fingerprint density at radius 3 is 2.75 bits per heavy atom. The van der Waals surface area contributed by atoms with E-state index in [0.29, 0.717) is 13.0 Å². The molecular formula is C14H17N3O3. The summed E-state index contributed by atoms with van der Waals surface area (Å²) in [5.41, 5.74) is 1.81. The van der Waals surface area contributed by atoms with E-state index in [1.807, 2.05) is 24.3 Å². The molecule has 0 atom stereocenters. The van der Waals surface area contributed by atoms with Gasteiger partial charge < -0.3 is 15.0 Å². The van der Waals surface area contributed by atoms with Crippen LogP contribution in [0.25, 0.3) is 11.0 Å². The molecule has 0 aliphatic rings. The van der Waals surface area contributed by atoms with E-state index in [-0.39, 0.29) is 18.9 Å². The number of carbonyl (C=O) groups excluding carboxylic acids is 1. The number of aromatic amines is 1. The maximum absolute atomic E-state index is 11.9. The topological polar surface area (TPSA) is 86.3 Å². The van der Waals surface area contributed by atoms with Crippen LogP contribution in [-0.4, -0.2) is 44.9 Å². The molecule has 1 aromatic heterocycles. The zero-order chi connectivity index (χ0) is 14.5. The van der Waals surface area contributed by atoms with Gasteiger partial charge in [-0.3, -0.25) is 9.59 Å². The number of carboxylic acid groups (broad SMARTS) is 1. The number of para-hydroxylation sites is 2. The van der Waals surface area contributed by atoms with Gasteiger partial charge in [0, 0.05) is 19.4 Å². The van der Waals surface area contributed by atoms with Gasteiger partial charge in [0.15, 0.2) is 0 Å². The molecule has 1 aromatic carbocycles. The molecule has 0 spiro atoms. The average molecular weight is 275 g/mol. The van der Waals surface area contributed by atoms with Crippen molar-refractivity contribution in [3.63, 3.8) is 0 Å². The second-order valence-corrected chi connectivity index (χ2v) is 4.50. The van der Waals surface area contributed by atoms with E-state index in [1.54, 1.807) is 6.92 Å². The summed E-state index contributed by atoms with van der Waals surface area (Å²) >= 11 is 0. The molecule has 0 saturated carbocycles. The lowest BCUT2D eigenvalue weighted by atomic mass is 10.2. The maximum Gasteiger partial charge on any atom is 0.323 e. The molecule has 0 saturated heterocycles. The number of aliphatic carboxylic acids is 1. The number of likely N-dealkylation sites (N-methyl/N-ethyl adjacent to an activating group) is 1. The summed E-state index contributed by atoms with van der Waals surface area (Å²) in [6.07, 6.45) is 0.727. The SMILES string of the molecule is CCN(CC(=O)O)C(=O)CCc1nc2ccccc2[nH]1. The summed E-state index contributed by atoms with van der Waals surface area (Å²) in [7, 11) is 0. The number of amides is 1. The van der Waals surface area contributed by atoms with Crippen LogP contribution < -0.4 is 0 Å². The minimum Gasteiger partial charge on any atom is -0.480 e. The van der Waals surface area contributed by atoms with Crippen LogP contribution in [0, 0.1) is 0 Å². The van der Waals surface area contributed by atoms with Crippen LogP contribution in [0.15, 0.2) is 24.3 Å². The van der Waals surface area contributed by atoms with E-state index in [2.05, 4.69) is 9.97 Å². The lowest BCUT2D eigenvalue weighted by Crippen LogP contribution is -2.35. The zero-order valence-corrected chi connectivity index (χ0v) is 11.3. The van der Waals surface area contributed by atoms with E-state index < -0.39 is 5.97 Å². The Morgan fingerprint density at radius 2 is 2.10 bits per heavy atom. The molecule has 0 fully saturated rings. The van der Waals surface area contributed by atoms with Gasteiger partial charge in [0.1, 0.15) is 12.4 Å². The molecule has 2 aromatic rings. The number of H-pyrrole nitrogens is 1. The van der Waals surface area contributed by atoms with Crippen molar-refractivity contribution < 1.29 is 14.7 Å². The fourth-order valence-electron chi connectivity index (χ4n) is 2.05. The molecule has 0 radical (unpaired) electrons. The Kier molecular flexibility index (Phi) is 4.34. The molecule has 0 aliphatic carbocycles. The van der Waals surface area contributed by atoms with Crippen LogP contribution in [0.3, 0.4) is 0 Å². The Hall–Kier alpha value is -2.37. The van der Waals surface area contributed by atoms with Crippen molar-refractivity contribution in [3.8, 4) is 0 Å². The fraction of sp³-hybridized carbons (Fsp3) is 0.357. The number of fused-ring (bicyclic) bond motifs is 1. The van der Waals surface area contributed by atoms with E-state index in [0.717, 1.165) is 16.9 Å². The highest BCUT2D eigenvalue weighted by atomic mass is 16.4. The van der Waals surface area contributed by atoms with Gasteiger partial charge in [0.05, 0.1) is 11.0 Å². The zero-order valence-electron chi connectivity index (χ0n) is 11.3. The van der Waals surface area contributed by atoms with Crippen LogP contribution in [0.2, 0.25) is 0 Å². The number of nitrogens with one attached hydrogen (secondary N) is 1. The molecule has 1 amide bonds. The number of carboxylic acids is 1. The van der Waals surface area contributed by atoms with Crippen molar-refractivity contribution in [2.24, 2.45) is 0 Å². The predicted molar refractivity (Wildman–Crippen MR) is 74.3 cm³/mol. The maximum atomic E-state index is 11.9. The van der Waals surface area contributed by atoms with Gasteiger partial charge in [0.25, 0.3) is 0 Å². The molecule has 2 N–H and O–H groups in total. The largest absolute Gasteiger partial charge is 0.480 e. The molecule has 106 valence electrons. The van der Waals surface area contributed by atoms with Crippen LogP contribution >= 0.6 is 0 Å². The van der Waals surface area contributed by atoms with Gasteiger partial charge in [-0.2, -0.15) is 0 Å². The molecular weight excluding hydrogens is 258 g/mol. The summed E-state index contributed by atoms with van der Waals surface area (Å²) in [6.45, 7) is 1.91. The van der Waals surface area contributed by atoms with Gasteiger partial charge in [0.2, 0.25) is 5.91 Å². The number of aryl methyl sites for hydroxylation is 1. The third-order valence-corrected chi connectivity index (χ3v) is 3.07. The molecule has 6 heteroatoms. The number of benzene rings is 1. The Bertz CT molecular complexity index is 588. The number of nitrogens with zero attached hydrogens (tertiary/aromatic N) is 2. The molecule has 0 aliphatic heterocycles. The fourth-order valence-corrected chi connectivity index (χ4v) is 2.05. The third kappa shape index (κ3) is 3.34. The first-order valence-corrected chi connectivity index (χ1v) is 6.53. The first-order valence-electron chi connectivity index (χ1n) is 6.53. The number of rotatable bonds is 6. The minimum atomic E-state index is -0.996. The smallest absolute Gasteiger partial charge is 0.323 e. The Labute approximate surface area is 116 Å². The van der Waals surface area contributed by atoms with Crippen molar-refractivity contribution in [2.45, 2.75) is 19.8 Å². The summed E-state index contributed by atoms with van der Waals surface area (Å²) in [5.74, 6) is -0.426. The highest BCUT2D eigenvalue weighted by Gasteiger charge is 2.15. The standard InChI is InChI=1S/C14H17N3O3/c1-2-17(9-14(19)20)13(18)8-7-12-15-10-5-3-4-6-11(10)16-12/h3-6H,2,7-9H2,1H3,(H,15,16)(H,19,20). The minimum absolute atomic E-state index is 0.171. The normalized spacial score (nSPS) is 10.7. The third-order valence-electron chi connectivity index (χ3n) is 3.07. The van der Waals surface area contributed by atoms with E-state index >= 15 is 0 Å². The quantitative estimate of drug-likeness (QED) is 0.835. The highest BCUT2D eigenvalue weighted by molar-refractivity contribution is 5.81. The van der Waals surface area contributed by atoms with Crippen molar-refractivity contribution >= 4 is 22.9 Å². The number of imidazole rings is 1. The molecule has 20 heavy (non-hydrogen) atoms. The highest BCUT2D eigenvalue weighted by Crippen LogP contribution is 2.11. The first-order chi connectivity index (χ1) is 9.60. The molecule has 6 nitrogen and oxygen atoms in total. The van der Waals surface area contributed by atoms with Crippen LogP contribution in [0.5, 0.6) is 0 Å².